The summed E-state index contributed by atoms with van der Waals surface area (Å²) in [6.45, 7) is 4.83. The van der Waals surface area contributed by atoms with Crippen molar-refractivity contribution in [1.29, 1.82) is 0 Å². The summed E-state index contributed by atoms with van der Waals surface area (Å²) in [5.41, 5.74) is 0. The quantitative estimate of drug-likeness (QED) is 0.0211. The molecule has 0 radical (unpaired) electrons. The molecular formula is C74H138NO8+. The minimum Gasteiger partial charge on any atom is -0.477 e. The highest BCUT2D eigenvalue weighted by Crippen LogP contribution is 2.19. The number of aliphatic carboxylic acids is 1. The number of allylic oxidation sites excluding steroid dienone is 8. The number of likely N-dealkylation sites (N-methyl/N-ethyl adjacent to an activating group) is 1. The molecule has 2 unspecified atom stereocenters. The van der Waals surface area contributed by atoms with Crippen molar-refractivity contribution in [3.05, 3.63) is 48.6 Å². The lowest BCUT2D eigenvalue weighted by atomic mass is 10.0. The number of nitrogens with zero attached hydrogens (tertiary/aromatic N) is 1. The average molecular weight is 1170 g/mol. The Morgan fingerprint density at radius 1 is 0.373 bits per heavy atom. The zero-order valence-corrected chi connectivity index (χ0v) is 55.6. The van der Waals surface area contributed by atoms with E-state index in [0.717, 1.165) is 64.2 Å². The largest absolute Gasteiger partial charge is 0.477 e. The molecule has 0 bridgehead atoms. The normalized spacial score (nSPS) is 12.9. The van der Waals surface area contributed by atoms with Gasteiger partial charge in [-0.2, -0.15) is 0 Å². The lowest BCUT2D eigenvalue weighted by molar-refractivity contribution is -0.870. The number of ether oxygens (including phenoxy) is 4. The van der Waals surface area contributed by atoms with Gasteiger partial charge in [0.2, 0.25) is 0 Å². The molecule has 0 fully saturated rings. The van der Waals surface area contributed by atoms with Crippen LogP contribution in [0.4, 0.5) is 0 Å². The highest BCUT2D eigenvalue weighted by molar-refractivity contribution is 5.71. The standard InChI is InChI=1S/C74H137NO8/c1-6-8-10-12-14-16-18-20-22-24-26-28-30-32-34-35-36-37-39-40-42-44-46-48-50-52-54-56-58-60-62-64-71(76)81-68-70(69-82-74(73(78)79)80-67-66-75(3,4)5)83-72(77)65-63-61-59-57-55-53-51-49-47-45-43-41-38-33-31-29-27-25-23-21-19-17-15-13-11-9-7-2/h9,11,15,17,21,23,27,29,70,74H,6-8,10,12-14,16,18-20,22,24-26,28,30-69H2,1-5H3/p+1/b11-9-,17-15-,23-21-,29-27-. The van der Waals surface area contributed by atoms with Crippen molar-refractivity contribution in [3.63, 3.8) is 0 Å². The molecule has 0 amide bonds. The zero-order valence-electron chi connectivity index (χ0n) is 55.6. The Balaban J connectivity index is 4.05. The molecule has 0 saturated heterocycles. The number of carboxylic acid groups (broad SMARTS) is 1. The van der Waals surface area contributed by atoms with Gasteiger partial charge in [0.15, 0.2) is 6.10 Å². The third-order valence-corrected chi connectivity index (χ3v) is 16.1. The van der Waals surface area contributed by atoms with Crippen molar-refractivity contribution in [2.24, 2.45) is 0 Å². The number of esters is 2. The molecule has 2 atom stereocenters. The van der Waals surface area contributed by atoms with Crippen LogP contribution in [-0.4, -0.2) is 87.4 Å². The van der Waals surface area contributed by atoms with E-state index in [1.807, 2.05) is 21.1 Å². The van der Waals surface area contributed by atoms with E-state index in [2.05, 4.69) is 62.5 Å². The van der Waals surface area contributed by atoms with E-state index in [1.165, 1.54) is 257 Å². The maximum Gasteiger partial charge on any atom is 0.361 e. The maximum atomic E-state index is 12.9. The third kappa shape index (κ3) is 66.6. The van der Waals surface area contributed by atoms with Crippen molar-refractivity contribution < 1.29 is 42.9 Å². The molecule has 0 spiro atoms. The molecule has 1 N–H and O–H groups in total. The molecule has 0 saturated carbocycles. The van der Waals surface area contributed by atoms with Crippen LogP contribution in [0.5, 0.6) is 0 Å². The highest BCUT2D eigenvalue weighted by atomic mass is 16.7. The number of carbonyl (C=O) groups is 3. The summed E-state index contributed by atoms with van der Waals surface area (Å²) in [4.78, 5) is 37.6. The molecule has 0 heterocycles. The van der Waals surface area contributed by atoms with E-state index in [4.69, 9.17) is 18.9 Å². The monoisotopic (exact) mass is 1170 g/mol. The molecule has 0 aromatic heterocycles. The van der Waals surface area contributed by atoms with Gasteiger partial charge in [-0.1, -0.05) is 332 Å². The third-order valence-electron chi connectivity index (χ3n) is 16.1. The molecule has 9 heteroatoms. The average Bonchev–Trinajstić information content (AvgIpc) is 3.46. The Bertz CT molecular complexity index is 1500. The maximum absolute atomic E-state index is 12.9. The van der Waals surface area contributed by atoms with Crippen LogP contribution < -0.4 is 0 Å². The van der Waals surface area contributed by atoms with E-state index in [1.54, 1.807) is 0 Å². The van der Waals surface area contributed by atoms with Crippen molar-refractivity contribution in [1.82, 2.24) is 0 Å². The number of hydrogen-bond acceptors (Lipinski definition) is 7. The Kier molecular flexibility index (Phi) is 63.1. The summed E-state index contributed by atoms with van der Waals surface area (Å²) in [5, 5.41) is 9.75. The van der Waals surface area contributed by atoms with Crippen molar-refractivity contribution in [2.45, 2.75) is 360 Å². The fourth-order valence-corrected chi connectivity index (χ4v) is 10.7. The summed E-state index contributed by atoms with van der Waals surface area (Å²) >= 11 is 0. The summed E-state index contributed by atoms with van der Waals surface area (Å²) < 4.78 is 23.0. The molecular weight excluding hydrogens is 1030 g/mol. The number of unbranched alkanes of at least 4 members (excludes halogenated alkanes) is 44. The molecule has 0 aromatic carbocycles. The topological polar surface area (TPSA) is 108 Å². The Hall–Kier alpha value is -2.75. The van der Waals surface area contributed by atoms with Crippen molar-refractivity contribution >= 4 is 17.9 Å². The summed E-state index contributed by atoms with van der Waals surface area (Å²) in [5.74, 6) is -1.98. The van der Waals surface area contributed by atoms with E-state index >= 15 is 0 Å². The second kappa shape index (κ2) is 65.2. The number of hydrogen-bond donors (Lipinski definition) is 1. The smallest absolute Gasteiger partial charge is 0.361 e. The second-order valence-electron chi connectivity index (χ2n) is 25.5. The predicted octanol–water partition coefficient (Wildman–Crippen LogP) is 22.1. The molecule has 0 rings (SSSR count). The van der Waals surface area contributed by atoms with Gasteiger partial charge < -0.3 is 28.5 Å². The number of carboxylic acids is 1. The van der Waals surface area contributed by atoms with Gasteiger partial charge in [-0.3, -0.25) is 9.59 Å². The zero-order chi connectivity index (χ0) is 60.5. The van der Waals surface area contributed by atoms with Gasteiger partial charge in [-0.25, -0.2) is 4.79 Å². The van der Waals surface area contributed by atoms with Gasteiger partial charge >= 0.3 is 17.9 Å². The van der Waals surface area contributed by atoms with Crippen LogP contribution in [0.2, 0.25) is 0 Å². The van der Waals surface area contributed by atoms with E-state index in [-0.39, 0.29) is 38.2 Å². The van der Waals surface area contributed by atoms with E-state index < -0.39 is 18.4 Å². The number of quaternary nitrogens is 1. The molecule has 83 heavy (non-hydrogen) atoms. The van der Waals surface area contributed by atoms with Gasteiger partial charge in [0.1, 0.15) is 13.2 Å². The first-order chi connectivity index (χ1) is 40.6. The second-order valence-corrected chi connectivity index (χ2v) is 25.5. The number of rotatable bonds is 67. The molecule has 9 nitrogen and oxygen atoms in total. The van der Waals surface area contributed by atoms with Gasteiger partial charge in [-0.05, 0) is 51.4 Å². The van der Waals surface area contributed by atoms with Crippen LogP contribution in [0.15, 0.2) is 48.6 Å². The van der Waals surface area contributed by atoms with Crippen LogP contribution in [-0.2, 0) is 33.3 Å². The molecule has 0 aliphatic carbocycles. The Labute approximate surface area is 514 Å². The van der Waals surface area contributed by atoms with Gasteiger partial charge in [0.05, 0.1) is 34.4 Å². The molecule has 0 aromatic rings. The van der Waals surface area contributed by atoms with E-state index in [9.17, 15) is 19.5 Å². The van der Waals surface area contributed by atoms with Crippen LogP contribution in [0.25, 0.3) is 0 Å². The SMILES string of the molecule is CC/C=C\C/C=C\C/C=C\C/C=C\CCCCCCCCCCCCCCCCC(=O)OC(COC(=O)CCCCCCCCCCCCCCCCCCCCCCCCCCCCCCCCC)COC(OCC[N+](C)(C)C)C(=O)O. The fourth-order valence-electron chi connectivity index (χ4n) is 10.7. The highest BCUT2D eigenvalue weighted by Gasteiger charge is 2.25. The van der Waals surface area contributed by atoms with E-state index in [0.29, 0.717) is 17.4 Å². The van der Waals surface area contributed by atoms with Crippen LogP contribution in [0, 0.1) is 0 Å². The minimum atomic E-state index is -1.51. The number of carbonyl (C=O) groups excluding carboxylic acids is 2. The predicted molar refractivity (Wildman–Crippen MR) is 355 cm³/mol. The summed E-state index contributed by atoms with van der Waals surface area (Å²) in [6.07, 6.45) is 80.9. The van der Waals surface area contributed by atoms with Crippen molar-refractivity contribution in [3.8, 4) is 0 Å². The Morgan fingerprint density at radius 3 is 1.02 bits per heavy atom. The molecule has 0 aliphatic heterocycles. The Morgan fingerprint density at radius 2 is 0.687 bits per heavy atom. The minimum absolute atomic E-state index is 0.178. The van der Waals surface area contributed by atoms with Gasteiger partial charge in [0, 0.05) is 12.8 Å². The molecule has 0 aliphatic rings. The molecule has 486 valence electrons. The van der Waals surface area contributed by atoms with Gasteiger partial charge in [-0.15, -0.1) is 0 Å². The lowest BCUT2D eigenvalue weighted by Crippen LogP contribution is -2.40. The fraction of sp³-hybridized carbons (Fsp3) is 0.851. The first kappa shape index (κ1) is 80.2. The van der Waals surface area contributed by atoms with Crippen molar-refractivity contribution in [2.75, 3.05) is 47.5 Å². The first-order valence-electron chi connectivity index (χ1n) is 35.8. The van der Waals surface area contributed by atoms with Crippen LogP contribution >= 0.6 is 0 Å². The van der Waals surface area contributed by atoms with Crippen LogP contribution in [0.1, 0.15) is 348 Å². The summed E-state index contributed by atoms with van der Waals surface area (Å²) in [6, 6.07) is 0. The first-order valence-corrected chi connectivity index (χ1v) is 35.8. The summed E-state index contributed by atoms with van der Waals surface area (Å²) in [7, 11) is 5.99. The van der Waals surface area contributed by atoms with Gasteiger partial charge in [0.25, 0.3) is 6.29 Å². The van der Waals surface area contributed by atoms with Crippen LogP contribution in [0.3, 0.4) is 0 Å². The lowest BCUT2D eigenvalue weighted by Gasteiger charge is -2.25.